The minimum atomic E-state index is 0.516. The van der Waals surface area contributed by atoms with E-state index in [9.17, 15) is 0 Å². The largest absolute Gasteiger partial charge is 0.489 e. The highest BCUT2D eigenvalue weighted by molar-refractivity contribution is 5.60. The first-order valence-corrected chi connectivity index (χ1v) is 7.27. The second kappa shape index (κ2) is 4.83. The van der Waals surface area contributed by atoms with E-state index in [1.807, 2.05) is 0 Å². The van der Waals surface area contributed by atoms with Crippen molar-refractivity contribution in [2.45, 2.75) is 51.5 Å². The van der Waals surface area contributed by atoms with E-state index in [-0.39, 0.29) is 0 Å². The van der Waals surface area contributed by atoms with Crippen molar-refractivity contribution < 1.29 is 4.74 Å². The first-order valence-electron chi connectivity index (χ1n) is 7.27. The van der Waals surface area contributed by atoms with Gasteiger partial charge in [-0.15, -0.1) is 0 Å². The van der Waals surface area contributed by atoms with Crippen molar-refractivity contribution in [2.24, 2.45) is 5.92 Å². The quantitative estimate of drug-likeness (QED) is 0.844. The minimum Gasteiger partial charge on any atom is -0.489 e. The smallest absolute Gasteiger partial charge is 0.142 e. The maximum absolute atomic E-state index is 5.92. The summed E-state index contributed by atoms with van der Waals surface area (Å²) in [6.45, 7) is 5.30. The van der Waals surface area contributed by atoms with Crippen molar-refractivity contribution >= 4 is 5.69 Å². The zero-order valence-corrected chi connectivity index (χ0v) is 11.4. The van der Waals surface area contributed by atoms with Gasteiger partial charge in [-0.2, -0.15) is 0 Å². The van der Waals surface area contributed by atoms with Gasteiger partial charge in [0.05, 0.1) is 11.7 Å². The maximum Gasteiger partial charge on any atom is 0.142 e. The Kier molecular flexibility index (Phi) is 3.19. The fourth-order valence-electron chi connectivity index (χ4n) is 3.18. The van der Waals surface area contributed by atoms with Crippen LogP contribution in [0.3, 0.4) is 0 Å². The highest BCUT2D eigenvalue weighted by Crippen LogP contribution is 2.36. The number of rotatable bonds is 2. The van der Waals surface area contributed by atoms with Gasteiger partial charge in [0.1, 0.15) is 12.4 Å². The zero-order chi connectivity index (χ0) is 12.5. The lowest BCUT2D eigenvalue weighted by Crippen LogP contribution is -2.37. The molecule has 0 spiro atoms. The molecule has 1 aliphatic carbocycles. The molecule has 2 nitrogen and oxygen atoms in total. The summed E-state index contributed by atoms with van der Waals surface area (Å²) >= 11 is 0. The van der Waals surface area contributed by atoms with Crippen LogP contribution < -0.4 is 10.1 Å². The molecule has 98 valence electrons. The summed E-state index contributed by atoms with van der Waals surface area (Å²) in [6.07, 6.45) is 5.50. The molecular formula is C16H23NO. The Balaban J connectivity index is 1.79. The van der Waals surface area contributed by atoms with Crippen molar-refractivity contribution in [3.8, 4) is 5.75 Å². The predicted octanol–water partition coefficient (Wildman–Crippen LogP) is 4.17. The Morgan fingerprint density at radius 2 is 2.00 bits per heavy atom. The summed E-state index contributed by atoms with van der Waals surface area (Å²) in [5, 5.41) is 3.71. The van der Waals surface area contributed by atoms with Crippen LogP contribution in [0.1, 0.15) is 51.0 Å². The van der Waals surface area contributed by atoms with Crippen LogP contribution in [0.4, 0.5) is 5.69 Å². The fourth-order valence-corrected chi connectivity index (χ4v) is 3.18. The standard InChI is InChI=1S/C16H23NO/c1-11(2)13-7-8-16-14(9-13)17-15(10-18-16)12-5-3-4-6-12/h7-9,11-12,15,17H,3-6,10H2,1-2H3. The van der Waals surface area contributed by atoms with Gasteiger partial charge in [0, 0.05) is 0 Å². The Labute approximate surface area is 110 Å². The summed E-state index contributed by atoms with van der Waals surface area (Å²) in [5.41, 5.74) is 2.58. The summed E-state index contributed by atoms with van der Waals surface area (Å²) in [4.78, 5) is 0. The third kappa shape index (κ3) is 2.21. The normalized spacial score (nSPS) is 23.6. The summed E-state index contributed by atoms with van der Waals surface area (Å²) < 4.78 is 5.92. The zero-order valence-electron chi connectivity index (χ0n) is 11.4. The average Bonchev–Trinajstić information content (AvgIpc) is 2.91. The third-order valence-electron chi connectivity index (χ3n) is 4.40. The molecule has 1 atom stereocenters. The topological polar surface area (TPSA) is 21.3 Å². The van der Waals surface area contributed by atoms with Gasteiger partial charge >= 0.3 is 0 Å². The van der Waals surface area contributed by atoms with E-state index in [0.717, 1.165) is 18.3 Å². The number of hydrogen-bond donors (Lipinski definition) is 1. The average molecular weight is 245 g/mol. The van der Waals surface area contributed by atoms with Gasteiger partial charge in [-0.3, -0.25) is 0 Å². The number of benzene rings is 1. The lowest BCUT2D eigenvalue weighted by molar-refractivity contribution is 0.246. The Morgan fingerprint density at radius 1 is 1.22 bits per heavy atom. The van der Waals surface area contributed by atoms with Crippen molar-refractivity contribution in [1.29, 1.82) is 0 Å². The summed E-state index contributed by atoms with van der Waals surface area (Å²) in [7, 11) is 0. The molecule has 0 radical (unpaired) electrons. The molecule has 2 heteroatoms. The number of ether oxygens (including phenoxy) is 1. The molecule has 1 heterocycles. The molecular weight excluding hydrogens is 222 g/mol. The van der Waals surface area contributed by atoms with E-state index in [4.69, 9.17) is 4.74 Å². The van der Waals surface area contributed by atoms with Gasteiger partial charge < -0.3 is 10.1 Å². The van der Waals surface area contributed by atoms with Crippen LogP contribution >= 0.6 is 0 Å². The first kappa shape index (κ1) is 11.9. The molecule has 1 unspecified atom stereocenters. The number of anilines is 1. The molecule has 1 aromatic rings. The van der Waals surface area contributed by atoms with Gasteiger partial charge in [0.15, 0.2) is 0 Å². The summed E-state index contributed by atoms with van der Waals surface area (Å²) in [6, 6.07) is 7.08. The van der Waals surface area contributed by atoms with Crippen LogP contribution in [0.25, 0.3) is 0 Å². The van der Waals surface area contributed by atoms with E-state index >= 15 is 0 Å². The van der Waals surface area contributed by atoms with Crippen molar-refractivity contribution in [3.63, 3.8) is 0 Å². The lowest BCUT2D eigenvalue weighted by Gasteiger charge is -2.32. The second-order valence-electron chi connectivity index (χ2n) is 6.02. The Hall–Kier alpha value is -1.18. The predicted molar refractivity (Wildman–Crippen MR) is 75.4 cm³/mol. The van der Waals surface area contributed by atoms with Crippen LogP contribution in [-0.2, 0) is 0 Å². The molecule has 0 saturated heterocycles. The minimum absolute atomic E-state index is 0.516. The van der Waals surface area contributed by atoms with E-state index in [0.29, 0.717) is 12.0 Å². The van der Waals surface area contributed by atoms with Crippen LogP contribution in [-0.4, -0.2) is 12.6 Å². The lowest BCUT2D eigenvalue weighted by atomic mass is 9.96. The summed E-state index contributed by atoms with van der Waals surface area (Å²) in [5.74, 6) is 2.40. The van der Waals surface area contributed by atoms with Crippen molar-refractivity contribution in [2.75, 3.05) is 11.9 Å². The Bertz CT molecular complexity index is 421. The third-order valence-corrected chi connectivity index (χ3v) is 4.40. The van der Waals surface area contributed by atoms with Crippen molar-refractivity contribution in [1.82, 2.24) is 0 Å². The van der Waals surface area contributed by atoms with Crippen LogP contribution in [0.15, 0.2) is 18.2 Å². The number of nitrogens with one attached hydrogen (secondary N) is 1. The molecule has 1 fully saturated rings. The number of fused-ring (bicyclic) bond motifs is 1. The van der Waals surface area contributed by atoms with E-state index in [1.54, 1.807) is 0 Å². The molecule has 18 heavy (non-hydrogen) atoms. The SMILES string of the molecule is CC(C)c1ccc2c(c1)NC(C1CCCC1)CO2. The second-order valence-corrected chi connectivity index (χ2v) is 6.02. The fraction of sp³-hybridized carbons (Fsp3) is 0.625. The molecule has 0 aromatic heterocycles. The monoisotopic (exact) mass is 245 g/mol. The molecule has 2 aliphatic rings. The van der Waals surface area contributed by atoms with E-state index in [2.05, 4.69) is 37.4 Å². The van der Waals surface area contributed by atoms with Crippen LogP contribution in [0, 0.1) is 5.92 Å². The molecule has 0 bridgehead atoms. The van der Waals surface area contributed by atoms with Crippen LogP contribution in [0.2, 0.25) is 0 Å². The van der Waals surface area contributed by atoms with Gasteiger partial charge in [0.2, 0.25) is 0 Å². The van der Waals surface area contributed by atoms with Crippen LogP contribution in [0.5, 0.6) is 5.75 Å². The molecule has 1 aliphatic heterocycles. The molecule has 1 N–H and O–H groups in total. The Morgan fingerprint density at radius 3 is 2.72 bits per heavy atom. The highest BCUT2D eigenvalue weighted by atomic mass is 16.5. The molecule has 3 rings (SSSR count). The van der Waals surface area contributed by atoms with Gasteiger partial charge in [-0.05, 0) is 42.4 Å². The van der Waals surface area contributed by atoms with Crippen molar-refractivity contribution in [3.05, 3.63) is 23.8 Å². The van der Waals surface area contributed by atoms with Gasteiger partial charge in [-0.1, -0.05) is 32.8 Å². The molecule has 1 saturated carbocycles. The molecule has 1 aromatic carbocycles. The first-order chi connectivity index (χ1) is 8.74. The number of hydrogen-bond acceptors (Lipinski definition) is 2. The molecule has 0 amide bonds. The highest BCUT2D eigenvalue weighted by Gasteiger charge is 2.29. The van der Waals surface area contributed by atoms with E-state index in [1.165, 1.54) is 36.9 Å². The van der Waals surface area contributed by atoms with Gasteiger partial charge in [-0.25, -0.2) is 0 Å². The van der Waals surface area contributed by atoms with Gasteiger partial charge in [0.25, 0.3) is 0 Å². The van der Waals surface area contributed by atoms with E-state index < -0.39 is 0 Å². The maximum atomic E-state index is 5.92.